The molecule has 0 spiro atoms. The molecule has 0 unspecified atom stereocenters. The summed E-state index contributed by atoms with van der Waals surface area (Å²) in [7, 11) is -3.89. The van der Waals surface area contributed by atoms with Gasteiger partial charge in [0.05, 0.1) is 9.92 Å². The van der Waals surface area contributed by atoms with E-state index in [0.717, 1.165) is 0 Å². The number of rotatable bonds is 7. The van der Waals surface area contributed by atoms with E-state index in [0.29, 0.717) is 0 Å². The number of nitrogens with zero attached hydrogens (tertiary/aromatic N) is 1. The lowest BCUT2D eigenvalue weighted by Gasteiger charge is -2.19. The fourth-order valence-electron chi connectivity index (χ4n) is 2.26. The fraction of sp³-hybridized carbons (Fsp3) is 0.316. The van der Waals surface area contributed by atoms with E-state index in [9.17, 15) is 18.0 Å². The molecule has 0 aliphatic carbocycles. The number of ether oxygens (including phenoxy) is 1. The molecule has 1 aromatic carbocycles. The second-order valence-electron chi connectivity index (χ2n) is 7.27. The molecule has 0 radical (unpaired) electrons. The third-order valence-corrected chi connectivity index (χ3v) is 5.49. The van der Waals surface area contributed by atoms with Crippen molar-refractivity contribution < 1.29 is 22.7 Å². The molecule has 2 rings (SSSR count). The van der Waals surface area contributed by atoms with E-state index in [2.05, 4.69) is 20.3 Å². The highest BCUT2D eigenvalue weighted by atomic mass is 35.5. The van der Waals surface area contributed by atoms with Gasteiger partial charge in [-0.3, -0.25) is 4.79 Å². The highest BCUT2D eigenvalue weighted by molar-refractivity contribution is 7.89. The number of anilines is 1. The zero-order chi connectivity index (χ0) is 23.2. The molecule has 1 heterocycles. The lowest BCUT2D eigenvalue weighted by atomic mass is 10.2. The largest absolute Gasteiger partial charge is 0.444 e. The quantitative estimate of drug-likeness (QED) is 0.404. The molecule has 1 aromatic heterocycles. The second-order valence-corrected chi connectivity index (χ2v) is 9.83. The summed E-state index contributed by atoms with van der Waals surface area (Å²) in [5.41, 5.74) is -0.523. The van der Waals surface area contributed by atoms with Crippen LogP contribution in [0.4, 0.5) is 10.5 Å². The summed E-state index contributed by atoms with van der Waals surface area (Å²) in [6.07, 6.45) is -0.648. The average Bonchev–Trinajstić information content (AvgIpc) is 2.66. The van der Waals surface area contributed by atoms with Gasteiger partial charge >= 0.3 is 6.09 Å². The van der Waals surface area contributed by atoms with Gasteiger partial charge in [0.1, 0.15) is 16.4 Å². The molecule has 0 bridgehead atoms. The van der Waals surface area contributed by atoms with Crippen molar-refractivity contribution in [1.29, 1.82) is 0 Å². The number of hydrogen-bond acceptors (Lipinski definition) is 6. The van der Waals surface area contributed by atoms with Crippen molar-refractivity contribution in [3.05, 3.63) is 52.3 Å². The molecule has 0 saturated carbocycles. The minimum atomic E-state index is -3.89. The van der Waals surface area contributed by atoms with Gasteiger partial charge in [0, 0.05) is 18.8 Å². The number of hydrogen-bond donors (Lipinski definition) is 3. The SMILES string of the molecule is CC(C)(C)OC(=O)NCCNS(=O)(=O)c1cccc(NC(=O)c2nc(Cl)ccc2Cl)c1. The first kappa shape index (κ1) is 24.9. The first-order valence-corrected chi connectivity index (χ1v) is 11.3. The molecule has 9 nitrogen and oxygen atoms in total. The van der Waals surface area contributed by atoms with Crippen molar-refractivity contribution in [2.45, 2.75) is 31.3 Å². The number of aromatic nitrogens is 1. The Morgan fingerprint density at radius 2 is 1.81 bits per heavy atom. The van der Waals surface area contributed by atoms with E-state index in [1.807, 2.05) is 0 Å². The zero-order valence-electron chi connectivity index (χ0n) is 17.0. The van der Waals surface area contributed by atoms with Gasteiger partial charge in [0.25, 0.3) is 5.91 Å². The van der Waals surface area contributed by atoms with Crippen LogP contribution in [-0.4, -0.2) is 44.1 Å². The first-order chi connectivity index (χ1) is 14.4. The molecule has 31 heavy (non-hydrogen) atoms. The van der Waals surface area contributed by atoms with Gasteiger partial charge in [0.15, 0.2) is 0 Å². The predicted molar refractivity (Wildman–Crippen MR) is 118 cm³/mol. The fourth-order valence-corrected chi connectivity index (χ4v) is 3.67. The standard InChI is InChI=1S/C19H22Cl2N4O5S/c1-19(2,3)30-18(27)22-9-10-23-31(28,29)13-6-4-5-12(11-13)24-17(26)16-14(20)7-8-15(21)25-16/h4-8,11,23H,9-10H2,1-3H3,(H,22,27)(H,24,26). The number of halogens is 2. The van der Waals surface area contributed by atoms with Gasteiger partial charge in [-0.15, -0.1) is 0 Å². The van der Waals surface area contributed by atoms with Crippen LogP contribution < -0.4 is 15.4 Å². The number of amides is 2. The topological polar surface area (TPSA) is 126 Å². The molecule has 0 fully saturated rings. The smallest absolute Gasteiger partial charge is 0.407 e. The van der Waals surface area contributed by atoms with Gasteiger partial charge in [-0.1, -0.05) is 29.3 Å². The number of nitrogens with one attached hydrogen (secondary N) is 3. The van der Waals surface area contributed by atoms with Crippen LogP contribution in [0.2, 0.25) is 10.2 Å². The maximum absolute atomic E-state index is 12.5. The van der Waals surface area contributed by atoms with E-state index in [4.69, 9.17) is 27.9 Å². The Hall–Kier alpha value is -2.40. The van der Waals surface area contributed by atoms with Crippen molar-refractivity contribution in [2.75, 3.05) is 18.4 Å². The maximum atomic E-state index is 12.5. The Kier molecular flexibility index (Phi) is 8.24. The zero-order valence-corrected chi connectivity index (χ0v) is 19.4. The Balaban J connectivity index is 1.99. The van der Waals surface area contributed by atoms with Crippen molar-refractivity contribution in [3.63, 3.8) is 0 Å². The molecule has 2 aromatic rings. The molecule has 12 heteroatoms. The van der Waals surface area contributed by atoms with E-state index in [1.54, 1.807) is 20.8 Å². The molecule has 168 valence electrons. The van der Waals surface area contributed by atoms with Crippen molar-refractivity contribution in [2.24, 2.45) is 0 Å². The molecule has 0 aliphatic heterocycles. The second kappa shape index (κ2) is 10.3. The minimum Gasteiger partial charge on any atom is -0.444 e. The molecular weight excluding hydrogens is 467 g/mol. The number of carbonyl (C=O) groups excluding carboxylic acids is 2. The molecule has 3 N–H and O–H groups in total. The Morgan fingerprint density at radius 1 is 1.10 bits per heavy atom. The van der Waals surface area contributed by atoms with Crippen LogP contribution in [0.3, 0.4) is 0 Å². The molecule has 0 atom stereocenters. The predicted octanol–water partition coefficient (Wildman–Crippen LogP) is 3.44. The lowest BCUT2D eigenvalue weighted by Crippen LogP contribution is -2.37. The molecule has 0 aliphatic rings. The summed E-state index contributed by atoms with van der Waals surface area (Å²) < 4.78 is 32.4. The van der Waals surface area contributed by atoms with Crippen LogP contribution in [0.25, 0.3) is 0 Å². The third kappa shape index (κ3) is 7.98. The summed E-state index contributed by atoms with van der Waals surface area (Å²) in [5.74, 6) is -0.642. The van der Waals surface area contributed by atoms with E-state index < -0.39 is 27.6 Å². The first-order valence-electron chi connectivity index (χ1n) is 9.07. The number of benzene rings is 1. The van der Waals surface area contributed by atoms with Crippen LogP contribution >= 0.6 is 23.2 Å². The van der Waals surface area contributed by atoms with Crippen LogP contribution in [0.1, 0.15) is 31.3 Å². The summed E-state index contributed by atoms with van der Waals surface area (Å²) in [4.78, 5) is 27.8. The number of pyridine rings is 1. The monoisotopic (exact) mass is 488 g/mol. The summed E-state index contributed by atoms with van der Waals surface area (Å²) in [6.45, 7) is 5.14. The normalized spacial score (nSPS) is 11.6. The van der Waals surface area contributed by atoms with Crippen LogP contribution in [0, 0.1) is 0 Å². The summed E-state index contributed by atoms with van der Waals surface area (Å²) in [6, 6.07) is 8.50. The van der Waals surface area contributed by atoms with E-state index in [1.165, 1.54) is 36.4 Å². The Morgan fingerprint density at radius 3 is 2.48 bits per heavy atom. The Labute approximate surface area is 190 Å². The average molecular weight is 489 g/mol. The van der Waals surface area contributed by atoms with Gasteiger partial charge in [-0.05, 0) is 51.1 Å². The lowest BCUT2D eigenvalue weighted by molar-refractivity contribution is 0.0528. The van der Waals surface area contributed by atoms with Gasteiger partial charge in [-0.2, -0.15) is 0 Å². The number of alkyl carbamates (subject to hydrolysis) is 1. The van der Waals surface area contributed by atoms with Crippen molar-refractivity contribution >= 4 is 50.9 Å². The number of carbonyl (C=O) groups is 2. The summed E-state index contributed by atoms with van der Waals surface area (Å²) in [5, 5.41) is 5.18. The minimum absolute atomic E-state index is 0.0313. The highest BCUT2D eigenvalue weighted by Crippen LogP contribution is 2.20. The van der Waals surface area contributed by atoms with Gasteiger partial charge in [0.2, 0.25) is 10.0 Å². The van der Waals surface area contributed by atoms with E-state index in [-0.39, 0.29) is 39.5 Å². The van der Waals surface area contributed by atoms with Crippen LogP contribution in [0.15, 0.2) is 41.3 Å². The maximum Gasteiger partial charge on any atom is 0.407 e. The van der Waals surface area contributed by atoms with E-state index >= 15 is 0 Å². The molecule has 0 saturated heterocycles. The van der Waals surface area contributed by atoms with Gasteiger partial charge in [-0.25, -0.2) is 22.9 Å². The van der Waals surface area contributed by atoms with Crippen LogP contribution in [-0.2, 0) is 14.8 Å². The molecule has 2 amide bonds. The van der Waals surface area contributed by atoms with Crippen molar-refractivity contribution in [3.8, 4) is 0 Å². The Bertz CT molecular complexity index is 1070. The van der Waals surface area contributed by atoms with Crippen molar-refractivity contribution in [1.82, 2.24) is 15.0 Å². The highest BCUT2D eigenvalue weighted by Gasteiger charge is 2.18. The summed E-state index contributed by atoms with van der Waals surface area (Å²) >= 11 is 11.8. The van der Waals surface area contributed by atoms with Gasteiger partial charge < -0.3 is 15.4 Å². The molecular formula is C19H22Cl2N4O5S. The third-order valence-electron chi connectivity index (χ3n) is 3.51. The van der Waals surface area contributed by atoms with Crippen LogP contribution in [0.5, 0.6) is 0 Å². The number of sulfonamides is 1.